The Morgan fingerprint density at radius 2 is 2.00 bits per heavy atom. The molecule has 0 saturated carbocycles. The summed E-state index contributed by atoms with van der Waals surface area (Å²) in [6.07, 6.45) is 0. The maximum atomic E-state index is 9.70. The molecule has 2 aromatic rings. The zero-order valence-corrected chi connectivity index (χ0v) is 12.0. The number of hydrogen-bond acceptors (Lipinski definition) is 4. The normalized spacial score (nSPS) is 14.1. The van der Waals surface area contributed by atoms with Gasteiger partial charge in [-0.1, -0.05) is 18.2 Å². The monoisotopic (exact) mass is 277 g/mol. The van der Waals surface area contributed by atoms with Crippen LogP contribution in [0.15, 0.2) is 41.8 Å². The quantitative estimate of drug-likeness (QED) is 0.853. The molecule has 102 valence electrons. The molecule has 19 heavy (non-hydrogen) atoms. The van der Waals surface area contributed by atoms with Crippen molar-refractivity contribution in [3.63, 3.8) is 0 Å². The topological polar surface area (TPSA) is 41.5 Å². The molecule has 0 saturated heterocycles. The highest BCUT2D eigenvalue weighted by Crippen LogP contribution is 2.24. The van der Waals surface area contributed by atoms with Crippen molar-refractivity contribution < 1.29 is 9.84 Å². The summed E-state index contributed by atoms with van der Waals surface area (Å²) >= 11 is 1.71. The Labute approximate surface area is 117 Å². The van der Waals surface area contributed by atoms with Gasteiger partial charge in [-0.05, 0) is 36.1 Å². The summed E-state index contributed by atoms with van der Waals surface area (Å²) in [7, 11) is 1.65. The Kier molecular flexibility index (Phi) is 4.58. The molecular formula is C15H19NO2S. The van der Waals surface area contributed by atoms with Gasteiger partial charge in [-0.3, -0.25) is 0 Å². The van der Waals surface area contributed by atoms with Crippen molar-refractivity contribution in [1.29, 1.82) is 0 Å². The third-order valence-corrected chi connectivity index (χ3v) is 4.15. The van der Waals surface area contributed by atoms with Gasteiger partial charge >= 0.3 is 0 Å². The molecule has 0 amide bonds. The molecule has 1 aromatic carbocycles. The molecule has 0 aliphatic heterocycles. The van der Waals surface area contributed by atoms with Crippen molar-refractivity contribution in [3.8, 4) is 5.75 Å². The average Bonchev–Trinajstić information content (AvgIpc) is 2.98. The van der Waals surface area contributed by atoms with Crippen LogP contribution in [0, 0.1) is 0 Å². The lowest BCUT2D eigenvalue weighted by Crippen LogP contribution is -2.42. The van der Waals surface area contributed by atoms with Gasteiger partial charge in [0, 0.05) is 11.4 Å². The second-order valence-electron chi connectivity index (χ2n) is 4.65. The van der Waals surface area contributed by atoms with Crippen molar-refractivity contribution in [2.24, 2.45) is 0 Å². The lowest BCUT2D eigenvalue weighted by atomic mass is 9.93. The Balaban J connectivity index is 2.11. The number of hydrogen-bond donors (Lipinski definition) is 2. The molecule has 0 fully saturated rings. The van der Waals surface area contributed by atoms with Gasteiger partial charge in [-0.25, -0.2) is 0 Å². The number of benzene rings is 1. The molecule has 2 rings (SSSR count). The van der Waals surface area contributed by atoms with Crippen LogP contribution in [0.2, 0.25) is 0 Å². The van der Waals surface area contributed by atoms with Crippen molar-refractivity contribution in [2.75, 3.05) is 13.7 Å². The van der Waals surface area contributed by atoms with Gasteiger partial charge in [0.2, 0.25) is 0 Å². The molecule has 1 aromatic heterocycles. The molecule has 3 nitrogen and oxygen atoms in total. The van der Waals surface area contributed by atoms with E-state index in [-0.39, 0.29) is 6.61 Å². The lowest BCUT2D eigenvalue weighted by molar-refractivity contribution is 0.174. The van der Waals surface area contributed by atoms with E-state index >= 15 is 0 Å². The molecule has 1 unspecified atom stereocenters. The van der Waals surface area contributed by atoms with Gasteiger partial charge in [0.05, 0.1) is 19.3 Å². The molecule has 1 atom stereocenters. The van der Waals surface area contributed by atoms with E-state index in [1.807, 2.05) is 37.3 Å². The van der Waals surface area contributed by atoms with Gasteiger partial charge in [-0.15, -0.1) is 11.3 Å². The standard InChI is InChI=1S/C15H19NO2S/c1-15(11-17,16-10-14-4-3-9-19-14)12-5-7-13(18-2)8-6-12/h3-9,16-17H,10-11H2,1-2H3. The van der Waals surface area contributed by atoms with Crippen LogP contribution in [0.5, 0.6) is 5.75 Å². The minimum atomic E-state index is -0.448. The van der Waals surface area contributed by atoms with Gasteiger partial charge in [0.25, 0.3) is 0 Å². The largest absolute Gasteiger partial charge is 0.497 e. The van der Waals surface area contributed by atoms with E-state index in [9.17, 15) is 5.11 Å². The van der Waals surface area contributed by atoms with E-state index < -0.39 is 5.54 Å². The fraction of sp³-hybridized carbons (Fsp3) is 0.333. The second-order valence-corrected chi connectivity index (χ2v) is 5.68. The second kappa shape index (κ2) is 6.19. The Hall–Kier alpha value is -1.36. The van der Waals surface area contributed by atoms with Gasteiger partial charge < -0.3 is 15.2 Å². The summed E-state index contributed by atoms with van der Waals surface area (Å²) in [5, 5.41) is 15.2. The number of rotatable bonds is 6. The smallest absolute Gasteiger partial charge is 0.118 e. The summed E-state index contributed by atoms with van der Waals surface area (Å²) in [6, 6.07) is 11.9. The van der Waals surface area contributed by atoms with Crippen molar-refractivity contribution in [2.45, 2.75) is 19.0 Å². The lowest BCUT2D eigenvalue weighted by Gasteiger charge is -2.29. The summed E-state index contributed by atoms with van der Waals surface area (Å²) in [5.41, 5.74) is 0.600. The van der Waals surface area contributed by atoms with Gasteiger partial charge in [0.1, 0.15) is 5.75 Å². The van der Waals surface area contributed by atoms with Crippen LogP contribution in [0.4, 0.5) is 0 Å². The van der Waals surface area contributed by atoms with E-state index in [4.69, 9.17) is 4.74 Å². The average molecular weight is 277 g/mol. The maximum absolute atomic E-state index is 9.70. The first-order valence-electron chi connectivity index (χ1n) is 6.21. The summed E-state index contributed by atoms with van der Waals surface area (Å²) in [5.74, 6) is 0.822. The first-order valence-corrected chi connectivity index (χ1v) is 7.09. The first kappa shape index (κ1) is 14.1. The Morgan fingerprint density at radius 1 is 1.26 bits per heavy atom. The van der Waals surface area contributed by atoms with Crippen LogP contribution in [0.1, 0.15) is 17.4 Å². The molecule has 0 bridgehead atoms. The summed E-state index contributed by atoms with van der Waals surface area (Å²) < 4.78 is 5.15. The van der Waals surface area contributed by atoms with Gasteiger partial charge in [0.15, 0.2) is 0 Å². The van der Waals surface area contributed by atoms with Crippen molar-refractivity contribution in [3.05, 3.63) is 52.2 Å². The van der Waals surface area contributed by atoms with Crippen LogP contribution in [0.25, 0.3) is 0 Å². The summed E-state index contributed by atoms with van der Waals surface area (Å²) in [6.45, 7) is 2.80. The SMILES string of the molecule is COc1ccc(C(C)(CO)NCc2cccs2)cc1. The van der Waals surface area contributed by atoms with E-state index in [0.717, 1.165) is 17.9 Å². The van der Waals surface area contributed by atoms with Gasteiger partial charge in [-0.2, -0.15) is 0 Å². The number of nitrogens with one attached hydrogen (secondary N) is 1. The van der Waals surface area contributed by atoms with Crippen LogP contribution >= 0.6 is 11.3 Å². The zero-order chi connectivity index (χ0) is 13.7. The predicted octanol–water partition coefficient (Wildman–Crippen LogP) is 2.75. The van der Waals surface area contributed by atoms with Crippen LogP contribution in [-0.4, -0.2) is 18.8 Å². The highest BCUT2D eigenvalue weighted by Gasteiger charge is 2.25. The molecule has 1 heterocycles. The Bertz CT molecular complexity index is 495. The molecule has 0 aliphatic carbocycles. The molecule has 0 aliphatic rings. The minimum Gasteiger partial charge on any atom is -0.497 e. The molecule has 4 heteroatoms. The van der Waals surface area contributed by atoms with Crippen LogP contribution in [-0.2, 0) is 12.1 Å². The number of ether oxygens (including phenoxy) is 1. The number of aliphatic hydroxyl groups is 1. The minimum absolute atomic E-state index is 0.0463. The highest BCUT2D eigenvalue weighted by atomic mass is 32.1. The maximum Gasteiger partial charge on any atom is 0.118 e. The highest BCUT2D eigenvalue weighted by molar-refractivity contribution is 7.09. The van der Waals surface area contributed by atoms with E-state index in [1.165, 1.54) is 4.88 Å². The van der Waals surface area contributed by atoms with Crippen LogP contribution < -0.4 is 10.1 Å². The zero-order valence-electron chi connectivity index (χ0n) is 11.2. The number of thiophene rings is 1. The third-order valence-electron chi connectivity index (χ3n) is 3.28. The molecule has 0 spiro atoms. The van der Waals surface area contributed by atoms with E-state index in [0.29, 0.717) is 0 Å². The fourth-order valence-corrected chi connectivity index (χ4v) is 2.55. The van der Waals surface area contributed by atoms with Crippen LogP contribution in [0.3, 0.4) is 0 Å². The predicted molar refractivity (Wildman–Crippen MR) is 78.6 cm³/mol. The van der Waals surface area contributed by atoms with Crippen molar-refractivity contribution in [1.82, 2.24) is 5.32 Å². The van der Waals surface area contributed by atoms with E-state index in [2.05, 4.69) is 16.8 Å². The third kappa shape index (κ3) is 3.35. The summed E-state index contributed by atoms with van der Waals surface area (Å²) in [4.78, 5) is 1.26. The molecule has 0 radical (unpaired) electrons. The van der Waals surface area contributed by atoms with Crippen molar-refractivity contribution >= 4 is 11.3 Å². The number of methoxy groups -OCH3 is 1. The number of aliphatic hydroxyl groups excluding tert-OH is 1. The molecular weight excluding hydrogens is 258 g/mol. The Morgan fingerprint density at radius 3 is 2.53 bits per heavy atom. The fourth-order valence-electron chi connectivity index (χ4n) is 1.90. The van der Waals surface area contributed by atoms with E-state index in [1.54, 1.807) is 18.4 Å². The molecule has 2 N–H and O–H groups in total. The first-order chi connectivity index (χ1) is 9.18.